The second-order valence-electron chi connectivity index (χ2n) is 8.41. The number of carboxylic acids is 1. The summed E-state index contributed by atoms with van der Waals surface area (Å²) in [6.07, 6.45) is 2.60. The van der Waals surface area contributed by atoms with E-state index in [0.717, 1.165) is 0 Å². The van der Waals surface area contributed by atoms with Crippen LogP contribution in [-0.2, 0) is 25.6 Å². The second kappa shape index (κ2) is 17.4. The fourth-order valence-electron chi connectivity index (χ4n) is 3.26. The van der Waals surface area contributed by atoms with Crippen LogP contribution in [0.2, 0.25) is 0 Å². The molecule has 0 radical (unpaired) electrons. The number of aromatic hydroxyl groups is 1. The lowest BCUT2D eigenvalue weighted by Crippen LogP contribution is -2.57. The van der Waals surface area contributed by atoms with Crippen LogP contribution in [0.4, 0.5) is 0 Å². The van der Waals surface area contributed by atoms with E-state index in [1.807, 2.05) is 6.26 Å². The van der Waals surface area contributed by atoms with Crippen LogP contribution in [0, 0.1) is 0 Å². The van der Waals surface area contributed by atoms with Gasteiger partial charge in [-0.15, -0.1) is 0 Å². The van der Waals surface area contributed by atoms with Crippen LogP contribution >= 0.6 is 24.4 Å². The molecule has 11 N–H and O–H groups in total. The van der Waals surface area contributed by atoms with Gasteiger partial charge in [-0.25, -0.2) is 4.79 Å². The summed E-state index contributed by atoms with van der Waals surface area (Å²) < 4.78 is 0. The molecule has 0 aliphatic carbocycles. The van der Waals surface area contributed by atoms with E-state index in [1.54, 1.807) is 12.1 Å². The zero-order valence-corrected chi connectivity index (χ0v) is 22.8. The number of hydrogen-bond donors (Lipinski definition) is 9. The highest BCUT2D eigenvalue weighted by molar-refractivity contribution is 7.98. The Hall–Kier alpha value is -3.17. The summed E-state index contributed by atoms with van der Waals surface area (Å²) in [5.41, 5.74) is 17.3. The average Bonchev–Trinajstić information content (AvgIpc) is 2.87. The molecule has 1 aromatic rings. The molecular formula is C23H37N7O6S2. The summed E-state index contributed by atoms with van der Waals surface area (Å²) in [4.78, 5) is 53.9. The normalized spacial score (nSPS) is 13.9. The third kappa shape index (κ3) is 12.4. The van der Waals surface area contributed by atoms with Crippen LogP contribution in [0.3, 0.4) is 0 Å². The van der Waals surface area contributed by atoms with Crippen LogP contribution in [-0.4, -0.2) is 88.3 Å². The van der Waals surface area contributed by atoms with Crippen LogP contribution in [0.1, 0.15) is 24.8 Å². The monoisotopic (exact) mass is 571 g/mol. The molecule has 0 fully saturated rings. The second-order valence-corrected chi connectivity index (χ2v) is 9.76. The third-order valence-corrected chi connectivity index (χ3v) is 6.36. The van der Waals surface area contributed by atoms with Crippen molar-refractivity contribution in [1.82, 2.24) is 16.0 Å². The summed E-state index contributed by atoms with van der Waals surface area (Å²) in [7, 11) is 0. The number of phenols is 1. The lowest BCUT2D eigenvalue weighted by atomic mass is 10.1. The number of benzene rings is 1. The summed E-state index contributed by atoms with van der Waals surface area (Å²) in [6, 6.07) is 1.85. The van der Waals surface area contributed by atoms with Gasteiger partial charge in [0.25, 0.3) is 0 Å². The van der Waals surface area contributed by atoms with Gasteiger partial charge in [-0.3, -0.25) is 19.4 Å². The number of carbonyl (C=O) groups excluding carboxylic acids is 3. The molecule has 0 bridgehead atoms. The molecule has 0 aromatic heterocycles. The number of thiol groups is 1. The third-order valence-electron chi connectivity index (χ3n) is 5.35. The first-order valence-corrected chi connectivity index (χ1v) is 13.8. The summed E-state index contributed by atoms with van der Waals surface area (Å²) in [5, 5.41) is 26.4. The molecule has 0 saturated heterocycles. The van der Waals surface area contributed by atoms with Crippen LogP contribution in [0.5, 0.6) is 5.75 Å². The van der Waals surface area contributed by atoms with Crippen molar-refractivity contribution in [2.75, 3.05) is 24.3 Å². The van der Waals surface area contributed by atoms with Gasteiger partial charge in [0.15, 0.2) is 5.96 Å². The minimum absolute atomic E-state index is 0.0781. The smallest absolute Gasteiger partial charge is 0.326 e. The number of aliphatic imine (C=N–C) groups is 1. The minimum atomic E-state index is -1.19. The molecule has 0 aliphatic rings. The Labute approximate surface area is 231 Å². The minimum Gasteiger partial charge on any atom is -0.508 e. The van der Waals surface area contributed by atoms with Crippen LogP contribution in [0.25, 0.3) is 0 Å². The van der Waals surface area contributed by atoms with Gasteiger partial charge in [-0.2, -0.15) is 24.4 Å². The number of aliphatic carboxylic acids is 1. The largest absolute Gasteiger partial charge is 0.508 e. The Bertz CT molecular complexity index is 960. The Morgan fingerprint density at radius 2 is 1.55 bits per heavy atom. The van der Waals surface area contributed by atoms with E-state index < -0.39 is 47.9 Å². The standard InChI is InChI=1S/C23H37N7O6S2/c1-38-10-8-17(22(35)36)29-20(33)16(3-2-9-27-23(25)26)28-21(34)18(12-37)30-19(32)15(24)11-13-4-6-14(31)7-5-13/h4-7,15-18,31,37H,2-3,8-12,24H2,1H3,(H,28,34)(H,29,33)(H,30,32)(H,35,36)(H4,25,26,27). The predicted molar refractivity (Wildman–Crippen MR) is 150 cm³/mol. The number of nitrogens with zero attached hydrogens (tertiary/aromatic N) is 1. The number of hydrogen-bond acceptors (Lipinski definition) is 9. The Morgan fingerprint density at radius 3 is 2.11 bits per heavy atom. The Morgan fingerprint density at radius 1 is 0.974 bits per heavy atom. The highest BCUT2D eigenvalue weighted by Gasteiger charge is 2.29. The SMILES string of the molecule is CSCCC(NC(=O)C(CCCN=C(N)N)NC(=O)C(CS)NC(=O)C(N)Cc1ccc(O)cc1)C(=O)O. The fraction of sp³-hybridized carbons (Fsp3) is 0.522. The average molecular weight is 572 g/mol. The number of guanidine groups is 1. The van der Waals surface area contributed by atoms with Crippen molar-refractivity contribution >= 4 is 54.0 Å². The fourth-order valence-corrected chi connectivity index (χ4v) is 3.99. The number of nitrogens with one attached hydrogen (secondary N) is 3. The summed E-state index contributed by atoms with van der Waals surface area (Å²) in [6.45, 7) is 0.190. The number of carboxylic acid groups (broad SMARTS) is 1. The maximum Gasteiger partial charge on any atom is 0.326 e. The molecule has 1 rings (SSSR count). The molecule has 0 heterocycles. The van der Waals surface area contributed by atoms with Gasteiger partial charge in [0.2, 0.25) is 17.7 Å². The van der Waals surface area contributed by atoms with Crippen molar-refractivity contribution < 1.29 is 29.4 Å². The molecular weight excluding hydrogens is 534 g/mol. The van der Waals surface area contributed by atoms with Gasteiger partial charge in [0, 0.05) is 12.3 Å². The van der Waals surface area contributed by atoms with Gasteiger partial charge in [-0.1, -0.05) is 12.1 Å². The van der Waals surface area contributed by atoms with Gasteiger partial charge in [0.05, 0.1) is 6.04 Å². The highest BCUT2D eigenvalue weighted by Crippen LogP contribution is 2.11. The van der Waals surface area contributed by atoms with E-state index in [0.29, 0.717) is 17.7 Å². The highest BCUT2D eigenvalue weighted by atomic mass is 32.2. The molecule has 3 amide bonds. The van der Waals surface area contributed by atoms with Crippen LogP contribution in [0.15, 0.2) is 29.3 Å². The zero-order valence-electron chi connectivity index (χ0n) is 21.1. The van der Waals surface area contributed by atoms with E-state index in [9.17, 15) is 29.4 Å². The van der Waals surface area contributed by atoms with Gasteiger partial charge >= 0.3 is 5.97 Å². The van der Waals surface area contributed by atoms with Gasteiger partial charge < -0.3 is 43.4 Å². The predicted octanol–water partition coefficient (Wildman–Crippen LogP) is -1.46. The van der Waals surface area contributed by atoms with E-state index in [4.69, 9.17) is 17.2 Å². The zero-order chi connectivity index (χ0) is 28.7. The van der Waals surface area contributed by atoms with Crippen molar-refractivity contribution in [3.05, 3.63) is 29.8 Å². The molecule has 212 valence electrons. The molecule has 4 unspecified atom stereocenters. The summed E-state index contributed by atoms with van der Waals surface area (Å²) in [5.74, 6) is -2.80. The van der Waals surface area contributed by atoms with Crippen LogP contribution < -0.4 is 33.2 Å². The Balaban J connectivity index is 2.88. The van der Waals surface area contributed by atoms with Gasteiger partial charge in [-0.05, 0) is 55.4 Å². The first-order valence-electron chi connectivity index (χ1n) is 11.8. The van der Waals surface area contributed by atoms with Crippen molar-refractivity contribution in [1.29, 1.82) is 0 Å². The maximum atomic E-state index is 13.0. The molecule has 0 spiro atoms. The van der Waals surface area contributed by atoms with E-state index in [2.05, 4.69) is 33.6 Å². The van der Waals surface area contributed by atoms with E-state index >= 15 is 0 Å². The lowest BCUT2D eigenvalue weighted by Gasteiger charge is -2.24. The number of rotatable bonds is 17. The number of phenolic OH excluding ortho intramolecular Hbond substituents is 1. The Kier molecular flexibility index (Phi) is 15.0. The molecule has 13 nitrogen and oxygen atoms in total. The molecule has 15 heteroatoms. The number of nitrogens with two attached hydrogens (primary N) is 3. The molecule has 1 aromatic carbocycles. The van der Waals surface area contributed by atoms with E-state index in [1.165, 1.54) is 23.9 Å². The quantitative estimate of drug-likeness (QED) is 0.0456. The van der Waals surface area contributed by atoms with Crippen molar-refractivity contribution in [3.63, 3.8) is 0 Å². The topological polar surface area (TPSA) is 235 Å². The van der Waals surface area contributed by atoms with E-state index in [-0.39, 0.29) is 43.3 Å². The molecule has 0 aliphatic heterocycles. The number of amides is 3. The first kappa shape index (κ1) is 32.9. The maximum absolute atomic E-state index is 13.0. The lowest BCUT2D eigenvalue weighted by molar-refractivity contribution is -0.142. The molecule has 38 heavy (non-hydrogen) atoms. The number of thioether (sulfide) groups is 1. The summed E-state index contributed by atoms with van der Waals surface area (Å²) >= 11 is 5.58. The van der Waals surface area contributed by atoms with Crippen molar-refractivity contribution in [2.45, 2.75) is 49.9 Å². The van der Waals surface area contributed by atoms with Crippen molar-refractivity contribution in [2.24, 2.45) is 22.2 Å². The van der Waals surface area contributed by atoms with Gasteiger partial charge in [0.1, 0.15) is 23.9 Å². The van der Waals surface area contributed by atoms with Crippen molar-refractivity contribution in [3.8, 4) is 5.75 Å². The first-order chi connectivity index (χ1) is 18.0. The molecule has 4 atom stereocenters. The molecule has 0 saturated carbocycles. The number of carbonyl (C=O) groups is 4.